The van der Waals surface area contributed by atoms with Crippen LogP contribution in [0.4, 0.5) is 5.69 Å². The molecule has 0 atom stereocenters. The molecule has 2 aromatic carbocycles. The molecule has 140 valence electrons. The van der Waals surface area contributed by atoms with Gasteiger partial charge in [0.05, 0.1) is 34.5 Å². The highest BCUT2D eigenvalue weighted by Gasteiger charge is 2.16. The van der Waals surface area contributed by atoms with Crippen molar-refractivity contribution in [3.63, 3.8) is 0 Å². The number of nitrogens with zero attached hydrogens (tertiary/aromatic N) is 4. The summed E-state index contributed by atoms with van der Waals surface area (Å²) < 4.78 is 3.33. The topological polar surface area (TPSA) is 81.8 Å². The van der Waals surface area contributed by atoms with Gasteiger partial charge in [-0.3, -0.25) is 14.3 Å². The number of rotatable bonds is 4. The number of carbonyl (C=O) groups excluding carboxylic acids is 1. The van der Waals surface area contributed by atoms with Gasteiger partial charge in [0.1, 0.15) is 6.54 Å². The zero-order valence-electron chi connectivity index (χ0n) is 15.6. The lowest BCUT2D eigenvalue weighted by atomic mass is 10.2. The van der Waals surface area contributed by atoms with Gasteiger partial charge in [-0.15, -0.1) is 0 Å². The van der Waals surface area contributed by atoms with Crippen molar-refractivity contribution >= 4 is 22.5 Å². The molecule has 0 saturated heterocycles. The lowest BCUT2D eigenvalue weighted by molar-refractivity contribution is -0.116. The molecular formula is C21H19N5O2. The summed E-state index contributed by atoms with van der Waals surface area (Å²) in [5.74, 6) is -0.236. The predicted molar refractivity (Wildman–Crippen MR) is 108 cm³/mol. The summed E-state index contributed by atoms with van der Waals surface area (Å²) in [5.41, 5.74) is 3.64. The van der Waals surface area contributed by atoms with Crippen LogP contribution >= 0.6 is 0 Å². The minimum absolute atomic E-state index is 0.00378. The summed E-state index contributed by atoms with van der Waals surface area (Å²) >= 11 is 0. The number of amides is 1. The Hall–Kier alpha value is -3.74. The van der Waals surface area contributed by atoms with E-state index in [1.165, 1.54) is 10.9 Å². The number of nitrogens with one attached hydrogen (secondary N) is 1. The molecule has 4 rings (SSSR count). The molecule has 0 fully saturated rings. The summed E-state index contributed by atoms with van der Waals surface area (Å²) in [6.45, 7) is 3.76. The molecule has 0 aliphatic rings. The Balaban J connectivity index is 1.61. The van der Waals surface area contributed by atoms with Gasteiger partial charge in [-0.2, -0.15) is 10.2 Å². The minimum atomic E-state index is -0.236. The third-order valence-corrected chi connectivity index (χ3v) is 4.61. The molecule has 2 aromatic heterocycles. The second kappa shape index (κ2) is 7.11. The molecule has 0 spiro atoms. The fourth-order valence-corrected chi connectivity index (χ4v) is 3.25. The Morgan fingerprint density at radius 3 is 2.54 bits per heavy atom. The summed E-state index contributed by atoms with van der Waals surface area (Å²) in [7, 11) is 0. The molecule has 0 aliphatic carbocycles. The maximum absolute atomic E-state index is 12.7. The third-order valence-electron chi connectivity index (χ3n) is 4.61. The maximum Gasteiger partial charge on any atom is 0.246 e. The van der Waals surface area contributed by atoms with Crippen molar-refractivity contribution in [2.24, 2.45) is 0 Å². The van der Waals surface area contributed by atoms with E-state index in [2.05, 4.69) is 15.5 Å². The van der Waals surface area contributed by atoms with E-state index in [0.29, 0.717) is 16.6 Å². The zero-order valence-corrected chi connectivity index (χ0v) is 15.6. The molecule has 1 N–H and O–H groups in total. The second-order valence-electron chi connectivity index (χ2n) is 6.52. The van der Waals surface area contributed by atoms with E-state index in [0.717, 1.165) is 17.1 Å². The van der Waals surface area contributed by atoms with Gasteiger partial charge in [0.15, 0.2) is 0 Å². The number of anilines is 1. The van der Waals surface area contributed by atoms with Crippen molar-refractivity contribution in [3.8, 4) is 5.69 Å². The standard InChI is InChI=1S/C21H19N5O2/c1-14-21(15(2)26(24-14)16-8-4-3-5-9-16)23-20(28)13-25-18-11-7-6-10-17(18)19(27)12-22-25/h3-12H,13H2,1-2H3,(H,23,28). The summed E-state index contributed by atoms with van der Waals surface area (Å²) in [6.07, 6.45) is 1.24. The Morgan fingerprint density at radius 2 is 1.75 bits per heavy atom. The van der Waals surface area contributed by atoms with Crippen LogP contribution in [0.15, 0.2) is 65.6 Å². The molecule has 0 aliphatic heterocycles. The third kappa shape index (κ3) is 3.18. The average molecular weight is 373 g/mol. The summed E-state index contributed by atoms with van der Waals surface area (Å²) in [5, 5.41) is 12.1. The molecule has 0 bridgehead atoms. The number of carbonyl (C=O) groups is 1. The van der Waals surface area contributed by atoms with E-state index in [4.69, 9.17) is 0 Å². The number of fused-ring (bicyclic) bond motifs is 1. The number of aromatic nitrogens is 4. The largest absolute Gasteiger partial charge is 0.321 e. The van der Waals surface area contributed by atoms with E-state index < -0.39 is 0 Å². The number of aryl methyl sites for hydroxylation is 1. The molecule has 7 nitrogen and oxygen atoms in total. The van der Waals surface area contributed by atoms with Crippen LogP contribution in [0.25, 0.3) is 16.6 Å². The van der Waals surface area contributed by atoms with Crippen molar-refractivity contribution in [3.05, 3.63) is 82.4 Å². The predicted octanol–water partition coefficient (Wildman–Crippen LogP) is 2.84. The normalized spacial score (nSPS) is 10.9. The first-order valence-electron chi connectivity index (χ1n) is 8.91. The van der Waals surface area contributed by atoms with Crippen LogP contribution in [-0.2, 0) is 11.3 Å². The Labute approximate surface area is 161 Å². The number of para-hydroxylation sites is 2. The van der Waals surface area contributed by atoms with Crippen LogP contribution in [0, 0.1) is 13.8 Å². The van der Waals surface area contributed by atoms with Crippen LogP contribution < -0.4 is 10.7 Å². The Kier molecular flexibility index (Phi) is 4.49. The van der Waals surface area contributed by atoms with Crippen LogP contribution in [0.5, 0.6) is 0 Å². The molecule has 0 radical (unpaired) electrons. The SMILES string of the molecule is Cc1nn(-c2ccccc2)c(C)c1NC(=O)Cn1ncc(=O)c2ccccc21. The van der Waals surface area contributed by atoms with Gasteiger partial charge in [-0.25, -0.2) is 4.68 Å². The molecule has 7 heteroatoms. The van der Waals surface area contributed by atoms with E-state index in [1.807, 2.05) is 50.2 Å². The fraction of sp³-hybridized carbons (Fsp3) is 0.143. The Bertz CT molecular complexity index is 1220. The molecule has 28 heavy (non-hydrogen) atoms. The highest BCUT2D eigenvalue weighted by Crippen LogP contribution is 2.22. The Morgan fingerprint density at radius 1 is 1.04 bits per heavy atom. The fourth-order valence-electron chi connectivity index (χ4n) is 3.25. The molecule has 4 aromatic rings. The molecular weight excluding hydrogens is 354 g/mol. The van der Waals surface area contributed by atoms with E-state index in [-0.39, 0.29) is 17.9 Å². The van der Waals surface area contributed by atoms with Crippen molar-refractivity contribution in [2.45, 2.75) is 20.4 Å². The molecule has 1 amide bonds. The monoisotopic (exact) mass is 373 g/mol. The van der Waals surface area contributed by atoms with Crippen molar-refractivity contribution in [1.29, 1.82) is 0 Å². The number of hydrogen-bond acceptors (Lipinski definition) is 4. The highest BCUT2D eigenvalue weighted by atomic mass is 16.2. The van der Waals surface area contributed by atoms with Gasteiger partial charge in [-0.1, -0.05) is 30.3 Å². The summed E-state index contributed by atoms with van der Waals surface area (Å²) in [4.78, 5) is 24.6. The summed E-state index contributed by atoms with van der Waals surface area (Å²) in [6, 6.07) is 16.9. The number of hydrogen-bond donors (Lipinski definition) is 1. The van der Waals surface area contributed by atoms with Crippen LogP contribution in [-0.4, -0.2) is 25.5 Å². The lowest BCUT2D eigenvalue weighted by Gasteiger charge is -2.10. The van der Waals surface area contributed by atoms with Crippen LogP contribution in [0.3, 0.4) is 0 Å². The lowest BCUT2D eigenvalue weighted by Crippen LogP contribution is -2.23. The number of benzene rings is 2. The smallest absolute Gasteiger partial charge is 0.246 e. The first-order chi connectivity index (χ1) is 13.5. The van der Waals surface area contributed by atoms with E-state index in [9.17, 15) is 9.59 Å². The highest BCUT2D eigenvalue weighted by molar-refractivity contribution is 5.92. The van der Waals surface area contributed by atoms with Crippen LogP contribution in [0.1, 0.15) is 11.4 Å². The van der Waals surface area contributed by atoms with Gasteiger partial charge in [0.25, 0.3) is 0 Å². The van der Waals surface area contributed by atoms with Gasteiger partial charge in [0, 0.05) is 5.39 Å². The second-order valence-corrected chi connectivity index (χ2v) is 6.52. The van der Waals surface area contributed by atoms with Crippen molar-refractivity contribution in [2.75, 3.05) is 5.32 Å². The van der Waals surface area contributed by atoms with Crippen molar-refractivity contribution in [1.82, 2.24) is 19.6 Å². The first kappa shape index (κ1) is 17.7. The van der Waals surface area contributed by atoms with Gasteiger partial charge in [-0.05, 0) is 38.1 Å². The van der Waals surface area contributed by atoms with Crippen LogP contribution in [0.2, 0.25) is 0 Å². The van der Waals surface area contributed by atoms with Gasteiger partial charge >= 0.3 is 0 Å². The van der Waals surface area contributed by atoms with Gasteiger partial charge in [0.2, 0.25) is 11.3 Å². The first-order valence-corrected chi connectivity index (χ1v) is 8.91. The molecule has 2 heterocycles. The van der Waals surface area contributed by atoms with Crippen molar-refractivity contribution < 1.29 is 4.79 Å². The maximum atomic E-state index is 12.7. The van der Waals surface area contributed by atoms with E-state index >= 15 is 0 Å². The molecule has 0 saturated carbocycles. The molecule has 0 unspecified atom stereocenters. The average Bonchev–Trinajstić information content (AvgIpc) is 2.99. The van der Waals surface area contributed by atoms with Gasteiger partial charge < -0.3 is 5.32 Å². The quantitative estimate of drug-likeness (QED) is 0.596. The zero-order chi connectivity index (χ0) is 19.7. The van der Waals surface area contributed by atoms with E-state index in [1.54, 1.807) is 22.9 Å². The minimum Gasteiger partial charge on any atom is -0.321 e.